The van der Waals surface area contributed by atoms with E-state index in [4.69, 9.17) is 26.5 Å². The molecule has 5 N–H and O–H groups in total. The van der Waals surface area contributed by atoms with E-state index in [1.54, 1.807) is 29.3 Å². The van der Waals surface area contributed by atoms with E-state index in [0.717, 1.165) is 37.9 Å². The summed E-state index contributed by atoms with van der Waals surface area (Å²) in [5, 5.41) is 14.9. The number of anilines is 1. The van der Waals surface area contributed by atoms with Gasteiger partial charge in [-0.05, 0) is 70.1 Å². The number of carboxylic acid groups (broad SMARTS) is 1. The fourth-order valence-corrected chi connectivity index (χ4v) is 4.95. The highest BCUT2D eigenvalue weighted by Gasteiger charge is 2.37. The first kappa shape index (κ1) is 32.5. The molecule has 12 nitrogen and oxygen atoms in total. The van der Waals surface area contributed by atoms with Crippen molar-refractivity contribution in [3.63, 3.8) is 0 Å². The molecule has 1 aromatic heterocycles. The Labute approximate surface area is 232 Å². The van der Waals surface area contributed by atoms with Crippen molar-refractivity contribution in [2.45, 2.75) is 58.3 Å². The molecule has 0 saturated carbocycles. The highest BCUT2D eigenvalue weighted by Crippen LogP contribution is 2.39. The molecule has 0 bridgehead atoms. The number of pyridine rings is 1. The molecular weight excluding hydrogens is 549 g/mol. The van der Waals surface area contributed by atoms with Gasteiger partial charge >= 0.3 is 19.6 Å². The number of hydrogen-bond donors (Lipinski definition) is 5. The molecule has 1 heterocycles. The highest BCUT2D eigenvalue weighted by molar-refractivity contribution is 7.53. The number of aliphatic carboxylic acids is 1. The Kier molecular flexibility index (Phi) is 12.6. The third-order valence-corrected chi connectivity index (χ3v) is 7.57. The summed E-state index contributed by atoms with van der Waals surface area (Å²) in [6.07, 6.45) is 3.12. The molecule has 0 fully saturated rings. The van der Waals surface area contributed by atoms with E-state index in [1.807, 2.05) is 18.3 Å². The largest absolute Gasteiger partial charge is 0.479 e. The van der Waals surface area contributed by atoms with Crippen LogP contribution < -0.4 is 15.5 Å². The van der Waals surface area contributed by atoms with Crippen molar-refractivity contribution in [3.05, 3.63) is 35.5 Å². The third kappa shape index (κ3) is 9.74. The lowest BCUT2D eigenvalue weighted by atomic mass is 10.1. The van der Waals surface area contributed by atoms with E-state index < -0.39 is 25.3 Å². The Balaban J connectivity index is 2.12. The molecule has 216 valence electrons. The van der Waals surface area contributed by atoms with Gasteiger partial charge in [-0.1, -0.05) is 25.4 Å². The standard InChI is InChI=1S/C25H37ClN5O7P/c1-4-30(5-2)15-7-8-17(3)31(21-12-14-27-20-16-18(26)10-11-19(20)21)25(35)28-13-6-9-22(32)29-23(24(33)34)39(36,37)38/h10-12,14,16-17,23H,4-9,13,15H2,1-3H3,(H,28,35)(H,29,32)(H,33,34)(H2,36,37,38). The van der Waals surface area contributed by atoms with E-state index in [2.05, 4.69) is 29.0 Å². The van der Waals surface area contributed by atoms with Crippen molar-refractivity contribution in [1.29, 1.82) is 0 Å². The number of nitrogens with one attached hydrogen (secondary N) is 2. The first-order valence-electron chi connectivity index (χ1n) is 12.8. The summed E-state index contributed by atoms with van der Waals surface area (Å²) >= 11 is 6.14. The predicted octanol–water partition coefficient (Wildman–Crippen LogP) is 3.40. The molecule has 2 atom stereocenters. The number of carbonyl (C=O) groups is 3. The first-order valence-corrected chi connectivity index (χ1v) is 14.9. The van der Waals surface area contributed by atoms with Crippen LogP contribution >= 0.6 is 19.2 Å². The molecule has 2 aromatic rings. The molecule has 0 radical (unpaired) electrons. The summed E-state index contributed by atoms with van der Waals surface area (Å²) in [5.41, 5.74) is 1.30. The van der Waals surface area contributed by atoms with Gasteiger partial charge in [-0.3, -0.25) is 19.2 Å². The van der Waals surface area contributed by atoms with Crippen molar-refractivity contribution in [3.8, 4) is 0 Å². The normalized spacial score (nSPS) is 13.2. The van der Waals surface area contributed by atoms with Crippen molar-refractivity contribution in [1.82, 2.24) is 20.5 Å². The van der Waals surface area contributed by atoms with Crippen LogP contribution in [-0.4, -0.2) is 80.7 Å². The van der Waals surface area contributed by atoms with Crippen LogP contribution in [0.2, 0.25) is 5.02 Å². The fourth-order valence-electron chi connectivity index (χ4n) is 4.19. The van der Waals surface area contributed by atoms with E-state index in [-0.39, 0.29) is 31.5 Å². The van der Waals surface area contributed by atoms with Crippen LogP contribution in [-0.2, 0) is 14.2 Å². The lowest BCUT2D eigenvalue weighted by Crippen LogP contribution is -2.46. The Bertz CT molecular complexity index is 1190. The number of rotatable bonds is 15. The number of halogens is 1. The second-order valence-electron chi connectivity index (χ2n) is 9.11. The van der Waals surface area contributed by atoms with Gasteiger partial charge in [0.1, 0.15) is 0 Å². The molecule has 14 heteroatoms. The van der Waals surface area contributed by atoms with Crippen LogP contribution in [0.3, 0.4) is 0 Å². The molecular formula is C25H37ClN5O7P. The van der Waals surface area contributed by atoms with Gasteiger partial charge in [0.15, 0.2) is 0 Å². The fraction of sp³-hybridized carbons (Fsp3) is 0.520. The number of hydrogen-bond acceptors (Lipinski definition) is 6. The zero-order chi connectivity index (χ0) is 29.2. The van der Waals surface area contributed by atoms with Gasteiger partial charge in [-0.2, -0.15) is 0 Å². The first-order chi connectivity index (χ1) is 18.4. The van der Waals surface area contributed by atoms with E-state index in [9.17, 15) is 18.9 Å². The van der Waals surface area contributed by atoms with Crippen molar-refractivity contribution in [2.24, 2.45) is 0 Å². The lowest BCUT2D eigenvalue weighted by Gasteiger charge is -2.31. The lowest BCUT2D eigenvalue weighted by molar-refractivity contribution is -0.139. The predicted molar refractivity (Wildman–Crippen MR) is 150 cm³/mol. The summed E-state index contributed by atoms with van der Waals surface area (Å²) in [7, 11) is -5.07. The van der Waals surface area contributed by atoms with Crippen LogP contribution in [0.1, 0.15) is 46.5 Å². The molecule has 0 aliphatic rings. The van der Waals surface area contributed by atoms with Gasteiger partial charge in [-0.25, -0.2) is 9.59 Å². The number of amides is 3. The van der Waals surface area contributed by atoms with Gasteiger partial charge in [0.05, 0.1) is 11.2 Å². The number of aromatic nitrogens is 1. The quantitative estimate of drug-likeness (QED) is 0.155. The van der Waals surface area contributed by atoms with Crippen LogP contribution in [0.4, 0.5) is 10.5 Å². The zero-order valence-electron chi connectivity index (χ0n) is 22.3. The van der Waals surface area contributed by atoms with E-state index in [0.29, 0.717) is 16.2 Å². The Morgan fingerprint density at radius 1 is 1.13 bits per heavy atom. The van der Waals surface area contributed by atoms with Crippen LogP contribution in [0, 0.1) is 0 Å². The molecule has 39 heavy (non-hydrogen) atoms. The molecule has 0 aliphatic carbocycles. The number of fused-ring (bicyclic) bond motifs is 1. The average Bonchev–Trinajstić information content (AvgIpc) is 2.87. The van der Waals surface area contributed by atoms with Crippen molar-refractivity contribution in [2.75, 3.05) is 31.1 Å². The Hall–Kier alpha value is -2.76. The Morgan fingerprint density at radius 2 is 1.82 bits per heavy atom. The minimum Gasteiger partial charge on any atom is -0.479 e. The monoisotopic (exact) mass is 585 g/mol. The van der Waals surface area contributed by atoms with Crippen LogP contribution in [0.15, 0.2) is 30.5 Å². The maximum absolute atomic E-state index is 13.4. The minimum atomic E-state index is -5.07. The number of carbonyl (C=O) groups excluding carboxylic acids is 2. The van der Waals surface area contributed by atoms with Crippen molar-refractivity contribution < 1.29 is 33.8 Å². The second-order valence-corrected chi connectivity index (χ2v) is 11.2. The van der Waals surface area contributed by atoms with Gasteiger partial charge in [-0.15, -0.1) is 0 Å². The molecule has 2 unspecified atom stereocenters. The van der Waals surface area contributed by atoms with Crippen LogP contribution in [0.5, 0.6) is 0 Å². The molecule has 1 aromatic carbocycles. The van der Waals surface area contributed by atoms with Crippen LogP contribution in [0.25, 0.3) is 10.9 Å². The SMILES string of the molecule is CCN(CC)CCCC(C)N(C(=O)NCCCC(=O)NC(C(=O)O)P(=O)(O)O)c1ccnc2cc(Cl)ccc12. The number of urea groups is 1. The topological polar surface area (TPSA) is 172 Å². The summed E-state index contributed by atoms with van der Waals surface area (Å²) in [4.78, 5) is 63.1. The summed E-state index contributed by atoms with van der Waals surface area (Å²) in [6, 6.07) is 6.47. The molecule has 2 rings (SSSR count). The molecule has 3 amide bonds. The maximum Gasteiger partial charge on any atom is 0.359 e. The molecule has 0 saturated heterocycles. The maximum atomic E-state index is 13.4. The minimum absolute atomic E-state index is 0.0808. The summed E-state index contributed by atoms with van der Waals surface area (Å²) < 4.78 is 11.3. The molecule has 0 aliphatic heterocycles. The van der Waals surface area contributed by atoms with Gasteiger partial charge in [0, 0.05) is 35.6 Å². The van der Waals surface area contributed by atoms with Gasteiger partial charge < -0.3 is 30.4 Å². The molecule has 0 spiro atoms. The Morgan fingerprint density at radius 3 is 2.44 bits per heavy atom. The number of carboxylic acids is 1. The summed E-state index contributed by atoms with van der Waals surface area (Å²) in [6.45, 7) is 9.05. The van der Waals surface area contributed by atoms with E-state index in [1.165, 1.54) is 0 Å². The summed E-state index contributed by atoms with van der Waals surface area (Å²) in [5.74, 6) is -5.00. The zero-order valence-corrected chi connectivity index (χ0v) is 24.0. The third-order valence-electron chi connectivity index (χ3n) is 6.32. The average molecular weight is 586 g/mol. The van der Waals surface area contributed by atoms with Gasteiger partial charge in [0.2, 0.25) is 11.7 Å². The number of nitrogens with zero attached hydrogens (tertiary/aromatic N) is 3. The smallest absolute Gasteiger partial charge is 0.359 e. The van der Waals surface area contributed by atoms with E-state index >= 15 is 0 Å². The second kappa shape index (κ2) is 15.1. The number of benzene rings is 1. The highest BCUT2D eigenvalue weighted by atomic mass is 35.5. The van der Waals surface area contributed by atoms with Gasteiger partial charge in [0.25, 0.3) is 0 Å². The van der Waals surface area contributed by atoms with Crippen molar-refractivity contribution >= 4 is 53.7 Å².